The van der Waals surface area contributed by atoms with Crippen molar-refractivity contribution in [3.8, 4) is 5.75 Å². The van der Waals surface area contributed by atoms with Gasteiger partial charge in [0.1, 0.15) is 18.5 Å². The molecule has 1 saturated carbocycles. The van der Waals surface area contributed by atoms with Gasteiger partial charge in [-0.05, 0) is 37.0 Å². The maximum Gasteiger partial charge on any atom is 0.305 e. The molecule has 0 unspecified atom stereocenters. The van der Waals surface area contributed by atoms with Crippen molar-refractivity contribution in [3.05, 3.63) is 42.5 Å². The predicted molar refractivity (Wildman–Crippen MR) is 83.5 cm³/mol. The van der Waals surface area contributed by atoms with E-state index in [0.717, 1.165) is 25.0 Å². The summed E-state index contributed by atoms with van der Waals surface area (Å²) in [7, 11) is 0. The van der Waals surface area contributed by atoms with Crippen LogP contribution < -0.4 is 4.74 Å². The maximum absolute atomic E-state index is 11.6. The number of hydrogen-bond acceptors (Lipinski definition) is 3. The molecule has 3 heteroatoms. The Bertz CT molecular complexity index is 481. The van der Waals surface area contributed by atoms with Gasteiger partial charge in [-0.1, -0.05) is 38.1 Å². The molecule has 3 nitrogen and oxygen atoms in total. The molecule has 1 aliphatic carbocycles. The molecule has 0 bridgehead atoms. The molecule has 0 saturated heterocycles. The van der Waals surface area contributed by atoms with Gasteiger partial charge < -0.3 is 9.47 Å². The van der Waals surface area contributed by atoms with Crippen LogP contribution in [-0.4, -0.2) is 18.7 Å². The minimum Gasteiger partial charge on any atom is -0.490 e. The highest BCUT2D eigenvalue weighted by Gasteiger charge is 2.29. The molecular formula is C18H24O3. The smallest absolute Gasteiger partial charge is 0.305 e. The highest BCUT2D eigenvalue weighted by molar-refractivity contribution is 5.69. The van der Waals surface area contributed by atoms with Crippen LogP contribution in [0.1, 0.15) is 50.5 Å². The van der Waals surface area contributed by atoms with Gasteiger partial charge in [0.25, 0.3) is 0 Å². The van der Waals surface area contributed by atoms with E-state index in [9.17, 15) is 4.79 Å². The Hall–Kier alpha value is -1.77. The third-order valence-corrected chi connectivity index (χ3v) is 3.93. The zero-order valence-electron chi connectivity index (χ0n) is 12.7. The Morgan fingerprint density at radius 3 is 2.95 bits per heavy atom. The molecule has 0 N–H and O–H groups in total. The summed E-state index contributed by atoms with van der Waals surface area (Å²) in [6, 6.07) is 8.11. The normalized spacial score (nSPS) is 21.6. The van der Waals surface area contributed by atoms with E-state index < -0.39 is 0 Å². The van der Waals surface area contributed by atoms with Gasteiger partial charge in [0.2, 0.25) is 0 Å². The first-order valence-corrected chi connectivity index (χ1v) is 7.77. The van der Waals surface area contributed by atoms with Gasteiger partial charge in [-0.2, -0.15) is 0 Å². The molecule has 1 aliphatic rings. The van der Waals surface area contributed by atoms with E-state index in [1.165, 1.54) is 12.0 Å². The van der Waals surface area contributed by atoms with Crippen LogP contribution in [-0.2, 0) is 9.53 Å². The standard InChI is InChI=1S/C18H24O3/c1-3-12-20-15-9-7-8-14(13-15)16-10-5-6-11-17(16)21-18(19)4-2/h3,7-9,13,16-17H,1,4-6,10-12H2,2H3/t16-,17+/m0/s1. The van der Waals surface area contributed by atoms with E-state index in [4.69, 9.17) is 9.47 Å². The molecule has 0 heterocycles. The lowest BCUT2D eigenvalue weighted by Gasteiger charge is -2.31. The number of ether oxygens (including phenoxy) is 2. The van der Waals surface area contributed by atoms with Gasteiger partial charge in [-0.15, -0.1) is 0 Å². The van der Waals surface area contributed by atoms with E-state index >= 15 is 0 Å². The van der Waals surface area contributed by atoms with Gasteiger partial charge >= 0.3 is 5.97 Å². The first kappa shape index (κ1) is 15.6. The summed E-state index contributed by atoms with van der Waals surface area (Å²) in [5, 5.41) is 0. The van der Waals surface area contributed by atoms with Crippen molar-refractivity contribution in [2.45, 2.75) is 51.0 Å². The highest BCUT2D eigenvalue weighted by atomic mass is 16.5. The van der Waals surface area contributed by atoms with Crippen LogP contribution in [0.2, 0.25) is 0 Å². The summed E-state index contributed by atoms with van der Waals surface area (Å²) < 4.78 is 11.2. The van der Waals surface area contributed by atoms with Crippen molar-refractivity contribution in [3.63, 3.8) is 0 Å². The van der Waals surface area contributed by atoms with Crippen molar-refractivity contribution in [2.24, 2.45) is 0 Å². The molecular weight excluding hydrogens is 264 g/mol. The third-order valence-electron chi connectivity index (χ3n) is 3.93. The van der Waals surface area contributed by atoms with Crippen LogP contribution in [0.3, 0.4) is 0 Å². The SMILES string of the molecule is C=CCOc1cccc([C@@H]2CCCC[C@H]2OC(=O)CC)c1. The van der Waals surface area contributed by atoms with Crippen molar-refractivity contribution in [1.82, 2.24) is 0 Å². The number of benzene rings is 1. The zero-order valence-corrected chi connectivity index (χ0v) is 12.7. The second-order valence-electron chi connectivity index (χ2n) is 5.44. The van der Waals surface area contributed by atoms with E-state index in [2.05, 4.69) is 18.7 Å². The largest absolute Gasteiger partial charge is 0.490 e. The molecule has 0 aliphatic heterocycles. The van der Waals surface area contributed by atoms with Crippen molar-refractivity contribution in [1.29, 1.82) is 0 Å². The summed E-state index contributed by atoms with van der Waals surface area (Å²) in [5.41, 5.74) is 1.20. The van der Waals surface area contributed by atoms with Gasteiger partial charge in [-0.25, -0.2) is 0 Å². The average molecular weight is 288 g/mol. The fourth-order valence-electron chi connectivity index (χ4n) is 2.86. The Morgan fingerprint density at radius 2 is 2.19 bits per heavy atom. The van der Waals surface area contributed by atoms with E-state index in [1.54, 1.807) is 6.08 Å². The lowest BCUT2D eigenvalue weighted by molar-refractivity contribution is -0.151. The molecule has 21 heavy (non-hydrogen) atoms. The molecule has 114 valence electrons. The average Bonchev–Trinajstić information content (AvgIpc) is 2.53. The number of carbonyl (C=O) groups excluding carboxylic acids is 1. The number of esters is 1. The summed E-state index contributed by atoms with van der Waals surface area (Å²) in [6.07, 6.45) is 6.50. The molecule has 0 radical (unpaired) electrons. The molecule has 0 spiro atoms. The molecule has 1 fully saturated rings. The summed E-state index contributed by atoms with van der Waals surface area (Å²) >= 11 is 0. The lowest BCUT2D eigenvalue weighted by atomic mass is 9.81. The second-order valence-corrected chi connectivity index (χ2v) is 5.44. The van der Waals surface area contributed by atoms with Crippen molar-refractivity contribution < 1.29 is 14.3 Å². The molecule has 1 aromatic carbocycles. The summed E-state index contributed by atoms with van der Waals surface area (Å²) in [6.45, 7) is 6.00. The van der Waals surface area contributed by atoms with Gasteiger partial charge in [-0.3, -0.25) is 4.79 Å². The van der Waals surface area contributed by atoms with Crippen LogP contribution in [0, 0.1) is 0 Å². The monoisotopic (exact) mass is 288 g/mol. The van der Waals surface area contributed by atoms with E-state index in [-0.39, 0.29) is 18.0 Å². The third kappa shape index (κ3) is 4.35. The van der Waals surface area contributed by atoms with Crippen LogP contribution in [0.25, 0.3) is 0 Å². The minimum atomic E-state index is -0.106. The first-order valence-electron chi connectivity index (χ1n) is 7.77. The molecule has 2 atom stereocenters. The van der Waals surface area contributed by atoms with Crippen molar-refractivity contribution >= 4 is 5.97 Å². The van der Waals surface area contributed by atoms with Gasteiger partial charge in [0, 0.05) is 12.3 Å². The topological polar surface area (TPSA) is 35.5 Å². The highest BCUT2D eigenvalue weighted by Crippen LogP contribution is 2.36. The summed E-state index contributed by atoms with van der Waals surface area (Å²) in [5.74, 6) is 1.02. The summed E-state index contributed by atoms with van der Waals surface area (Å²) in [4.78, 5) is 11.6. The van der Waals surface area contributed by atoms with Crippen LogP contribution >= 0.6 is 0 Å². The predicted octanol–water partition coefficient (Wildman–Crippen LogP) is 4.23. The Balaban J connectivity index is 2.12. The molecule has 0 amide bonds. The maximum atomic E-state index is 11.6. The van der Waals surface area contributed by atoms with Gasteiger partial charge in [0.15, 0.2) is 0 Å². The number of carbonyl (C=O) groups is 1. The van der Waals surface area contributed by atoms with E-state index in [1.807, 2.05) is 19.1 Å². The fourth-order valence-corrected chi connectivity index (χ4v) is 2.86. The molecule has 0 aromatic heterocycles. The number of rotatable bonds is 6. The Kier molecular flexibility index (Phi) is 5.85. The van der Waals surface area contributed by atoms with Crippen LogP contribution in [0.4, 0.5) is 0 Å². The minimum absolute atomic E-state index is 0.000791. The van der Waals surface area contributed by atoms with Crippen LogP contribution in [0.5, 0.6) is 5.75 Å². The van der Waals surface area contributed by atoms with E-state index in [0.29, 0.717) is 13.0 Å². The zero-order chi connectivity index (χ0) is 15.1. The quantitative estimate of drug-likeness (QED) is 0.580. The van der Waals surface area contributed by atoms with Crippen LogP contribution in [0.15, 0.2) is 36.9 Å². The first-order chi connectivity index (χ1) is 10.2. The molecule has 2 rings (SSSR count). The Labute approximate surface area is 127 Å². The fraction of sp³-hybridized carbons (Fsp3) is 0.500. The molecule has 1 aromatic rings. The lowest BCUT2D eigenvalue weighted by Crippen LogP contribution is -2.28. The van der Waals surface area contributed by atoms with Crippen molar-refractivity contribution in [2.75, 3.05) is 6.61 Å². The second kappa shape index (κ2) is 7.87. The number of hydrogen-bond donors (Lipinski definition) is 0. The van der Waals surface area contributed by atoms with Gasteiger partial charge in [0.05, 0.1) is 0 Å². The Morgan fingerprint density at radius 1 is 1.38 bits per heavy atom.